The number of nitrogens with zero attached hydrogens (tertiary/aromatic N) is 2. The number of aromatic nitrogens is 2. The highest BCUT2D eigenvalue weighted by Crippen LogP contribution is 2.47. The number of primary amides is 1. The minimum absolute atomic E-state index is 0.0349. The van der Waals surface area contributed by atoms with E-state index in [4.69, 9.17) is 22.1 Å². The molecule has 0 radical (unpaired) electrons. The van der Waals surface area contributed by atoms with Gasteiger partial charge in [-0.25, -0.2) is 9.37 Å². The van der Waals surface area contributed by atoms with Gasteiger partial charge in [-0.2, -0.15) is 13.2 Å². The van der Waals surface area contributed by atoms with Crippen molar-refractivity contribution in [2.45, 2.75) is 24.1 Å². The Morgan fingerprint density at radius 2 is 1.88 bits per heavy atom. The second-order valence-corrected chi connectivity index (χ2v) is 10.1. The van der Waals surface area contributed by atoms with Crippen molar-refractivity contribution >= 4 is 34.3 Å². The van der Waals surface area contributed by atoms with Crippen LogP contribution in [0.5, 0.6) is 5.75 Å². The lowest BCUT2D eigenvalue weighted by atomic mass is 9.81. The summed E-state index contributed by atoms with van der Waals surface area (Å²) < 4.78 is 63.0. The summed E-state index contributed by atoms with van der Waals surface area (Å²) in [6.07, 6.45) is -3.85. The number of carbonyl (C=O) groups is 2. The number of aliphatic hydroxyl groups is 1. The Morgan fingerprint density at radius 3 is 2.54 bits per heavy atom. The number of rotatable bonds is 6. The van der Waals surface area contributed by atoms with E-state index in [1.807, 2.05) is 0 Å². The Bertz CT molecular complexity index is 1700. The van der Waals surface area contributed by atoms with E-state index in [2.05, 4.69) is 15.3 Å². The zero-order chi connectivity index (χ0) is 29.7. The molecule has 4 N–H and O–H groups in total. The molecule has 5 rings (SSSR count). The third-order valence-electron chi connectivity index (χ3n) is 7.10. The molecule has 1 unspecified atom stereocenters. The fourth-order valence-corrected chi connectivity index (χ4v) is 4.84. The number of nitrogens with two attached hydrogens (primary N) is 1. The van der Waals surface area contributed by atoms with Crippen LogP contribution >= 0.6 is 11.6 Å². The van der Waals surface area contributed by atoms with Crippen LogP contribution in [0.1, 0.15) is 28.5 Å². The Hall–Kier alpha value is -4.29. The first-order valence-electron chi connectivity index (χ1n) is 12.1. The van der Waals surface area contributed by atoms with Gasteiger partial charge in [0.2, 0.25) is 11.5 Å². The minimum atomic E-state index is -5.36. The van der Waals surface area contributed by atoms with Crippen molar-refractivity contribution in [3.63, 3.8) is 0 Å². The van der Waals surface area contributed by atoms with Crippen molar-refractivity contribution in [3.05, 3.63) is 88.5 Å². The lowest BCUT2D eigenvalue weighted by Gasteiger charge is -2.31. The topological polar surface area (TPSA) is 127 Å². The van der Waals surface area contributed by atoms with Gasteiger partial charge in [0.1, 0.15) is 29.3 Å². The predicted octanol–water partition coefficient (Wildman–Crippen LogP) is 4.40. The first kappa shape index (κ1) is 28.2. The molecule has 4 aromatic rings. The van der Waals surface area contributed by atoms with E-state index < -0.39 is 47.1 Å². The summed E-state index contributed by atoms with van der Waals surface area (Å²) in [4.78, 5) is 33.5. The van der Waals surface area contributed by atoms with E-state index in [1.165, 1.54) is 37.4 Å². The number of alkyl halides is 3. The molecule has 2 atom stereocenters. The van der Waals surface area contributed by atoms with E-state index in [9.17, 15) is 32.3 Å². The van der Waals surface area contributed by atoms with Gasteiger partial charge < -0.3 is 20.9 Å². The number of fused-ring (bicyclic) bond motifs is 2. The predicted molar refractivity (Wildman–Crippen MR) is 141 cm³/mol. The molecule has 13 heteroatoms. The van der Waals surface area contributed by atoms with E-state index in [-0.39, 0.29) is 39.8 Å². The number of ether oxygens (including phenoxy) is 1. The monoisotopic (exact) mass is 588 g/mol. The number of hydrogen-bond donors (Lipinski definition) is 3. The van der Waals surface area contributed by atoms with E-state index >= 15 is 0 Å². The normalized spacial score (nSPS) is 17.9. The molecule has 1 aliphatic heterocycles. The molecule has 212 valence electrons. The maximum Gasteiger partial charge on any atom is 0.424 e. The molecule has 0 saturated heterocycles. The molecule has 0 spiro atoms. The molecule has 0 fully saturated rings. The Balaban J connectivity index is 1.60. The average Bonchev–Trinajstić information content (AvgIpc) is 3.29. The van der Waals surface area contributed by atoms with Gasteiger partial charge in [-0.05, 0) is 61.5 Å². The van der Waals surface area contributed by atoms with Gasteiger partial charge in [0, 0.05) is 22.7 Å². The molecule has 3 heterocycles. The highest BCUT2D eigenvalue weighted by atomic mass is 35.5. The standard InChI is InChI=1S/C28H21ClF4N4O4/c1-26(25(34)39)13-41-23-18(26)11-20(37-22(23)14-4-6-15(30)7-5-14)27(40,28(31,32)33)12-36-24(38)17-8-9-19-16(21(17)29)3-2-10-35-19/h2-11,40H,12-13H2,1H3,(H2,34,39)(H,36,38)/t26-,27?/m0/s1. The third kappa shape index (κ3) is 4.72. The summed E-state index contributed by atoms with van der Waals surface area (Å²) in [5.41, 5.74) is -0.410. The number of benzene rings is 2. The van der Waals surface area contributed by atoms with Gasteiger partial charge in [-0.15, -0.1) is 0 Å². The number of pyridine rings is 2. The zero-order valence-electron chi connectivity index (χ0n) is 21.2. The first-order chi connectivity index (χ1) is 19.3. The van der Waals surface area contributed by atoms with E-state index in [0.29, 0.717) is 10.9 Å². The highest BCUT2D eigenvalue weighted by molar-refractivity contribution is 6.38. The molecular weight excluding hydrogens is 568 g/mol. The Morgan fingerprint density at radius 1 is 1.17 bits per heavy atom. The van der Waals surface area contributed by atoms with Gasteiger partial charge in [0.15, 0.2) is 0 Å². The van der Waals surface area contributed by atoms with Crippen LogP contribution in [-0.4, -0.2) is 46.2 Å². The van der Waals surface area contributed by atoms with Crippen molar-refractivity contribution in [2.75, 3.05) is 13.2 Å². The lowest BCUT2D eigenvalue weighted by Crippen LogP contribution is -2.51. The largest absolute Gasteiger partial charge is 0.489 e. The van der Waals surface area contributed by atoms with Crippen molar-refractivity contribution < 1.29 is 37.0 Å². The number of carbonyl (C=O) groups excluding carboxylic acids is 2. The van der Waals surface area contributed by atoms with Crippen LogP contribution in [0.25, 0.3) is 22.2 Å². The fourth-order valence-electron chi connectivity index (χ4n) is 4.53. The lowest BCUT2D eigenvalue weighted by molar-refractivity contribution is -0.265. The summed E-state index contributed by atoms with van der Waals surface area (Å²) in [5.74, 6) is -2.52. The summed E-state index contributed by atoms with van der Waals surface area (Å²) in [6.45, 7) is -0.280. The summed E-state index contributed by atoms with van der Waals surface area (Å²) in [6, 6.07) is 11.5. The van der Waals surface area contributed by atoms with E-state index in [1.54, 1.807) is 12.1 Å². The van der Waals surface area contributed by atoms with Crippen molar-refractivity contribution in [1.82, 2.24) is 15.3 Å². The van der Waals surface area contributed by atoms with Crippen molar-refractivity contribution in [3.8, 4) is 17.0 Å². The van der Waals surface area contributed by atoms with Crippen LogP contribution in [0.15, 0.2) is 60.8 Å². The molecule has 1 aliphatic rings. The molecule has 0 bridgehead atoms. The third-order valence-corrected chi connectivity index (χ3v) is 7.50. The minimum Gasteiger partial charge on any atom is -0.489 e. The molecule has 8 nitrogen and oxygen atoms in total. The van der Waals surface area contributed by atoms with Gasteiger partial charge in [-0.3, -0.25) is 14.6 Å². The highest BCUT2D eigenvalue weighted by Gasteiger charge is 2.57. The van der Waals surface area contributed by atoms with Gasteiger partial charge in [0.25, 0.3) is 5.91 Å². The molecule has 0 aliphatic carbocycles. The quantitative estimate of drug-likeness (QED) is 0.287. The second kappa shape index (κ2) is 9.96. The van der Waals surface area contributed by atoms with Crippen molar-refractivity contribution in [1.29, 1.82) is 0 Å². The van der Waals surface area contributed by atoms with Crippen LogP contribution < -0.4 is 15.8 Å². The molecule has 0 saturated carbocycles. The van der Waals surface area contributed by atoms with Crippen LogP contribution in [0, 0.1) is 5.82 Å². The number of amides is 2. The Kier molecular flexibility index (Phi) is 6.86. The fraction of sp³-hybridized carbons (Fsp3) is 0.214. The smallest absolute Gasteiger partial charge is 0.424 e. The van der Waals surface area contributed by atoms with E-state index in [0.717, 1.165) is 18.2 Å². The van der Waals surface area contributed by atoms with Crippen LogP contribution in [0.3, 0.4) is 0 Å². The SMILES string of the molecule is C[C@]1(C(N)=O)COc2c1cc(C(O)(CNC(=O)c1ccc3ncccc3c1Cl)C(F)(F)F)nc2-c1ccc(F)cc1. The van der Waals surface area contributed by atoms with Gasteiger partial charge in [0.05, 0.1) is 28.3 Å². The summed E-state index contributed by atoms with van der Waals surface area (Å²) >= 11 is 6.34. The number of halogens is 5. The summed E-state index contributed by atoms with van der Waals surface area (Å²) in [5, 5.41) is 13.6. The second-order valence-electron chi connectivity index (χ2n) is 9.76. The van der Waals surface area contributed by atoms with Gasteiger partial charge >= 0.3 is 6.18 Å². The number of hydrogen-bond acceptors (Lipinski definition) is 6. The Labute approximate surface area is 235 Å². The molecule has 41 heavy (non-hydrogen) atoms. The van der Waals surface area contributed by atoms with Crippen LogP contribution in [-0.2, 0) is 15.8 Å². The van der Waals surface area contributed by atoms with Gasteiger partial charge in [-0.1, -0.05) is 11.6 Å². The zero-order valence-corrected chi connectivity index (χ0v) is 22.0. The maximum absolute atomic E-state index is 14.6. The molecule has 2 aromatic heterocycles. The van der Waals surface area contributed by atoms with Crippen LogP contribution in [0.2, 0.25) is 5.02 Å². The first-order valence-corrected chi connectivity index (χ1v) is 12.5. The maximum atomic E-state index is 14.6. The molecular formula is C28H21ClF4N4O4. The average molecular weight is 589 g/mol. The number of nitrogens with one attached hydrogen (secondary N) is 1. The molecule has 2 aromatic carbocycles. The summed E-state index contributed by atoms with van der Waals surface area (Å²) in [7, 11) is 0. The molecule has 2 amide bonds. The van der Waals surface area contributed by atoms with Crippen molar-refractivity contribution in [2.24, 2.45) is 5.73 Å². The van der Waals surface area contributed by atoms with Crippen LogP contribution in [0.4, 0.5) is 17.6 Å².